The number of halogens is 8. The second kappa shape index (κ2) is 16.4. The maximum atomic E-state index is 13.0. The minimum atomic E-state index is -4.64. The Hall–Kier alpha value is -6.19. The van der Waals surface area contributed by atoms with E-state index in [0.29, 0.717) is 28.1 Å². The zero-order valence-corrected chi connectivity index (χ0v) is 29.7. The van der Waals surface area contributed by atoms with Crippen LogP contribution < -0.4 is 32.3 Å². The molecule has 0 radical (unpaired) electrons. The van der Waals surface area contributed by atoms with Crippen molar-refractivity contribution >= 4 is 96.8 Å². The van der Waals surface area contributed by atoms with Gasteiger partial charge in [0.05, 0.1) is 32.5 Å². The molecule has 0 unspecified atom stereocenters. The number of urea groups is 2. The van der Waals surface area contributed by atoms with Crippen molar-refractivity contribution in [3.8, 4) is 0 Å². The first-order chi connectivity index (χ1) is 25.9. The Morgan fingerprint density at radius 3 is 1.40 bits per heavy atom. The molecule has 0 aliphatic heterocycles. The first-order valence-electron chi connectivity index (χ1n) is 15.9. The zero-order valence-electron chi connectivity index (χ0n) is 28.2. The van der Waals surface area contributed by atoms with E-state index in [1.807, 2.05) is 18.2 Å². The minimum Gasteiger partial charge on any atom is -0.399 e. The summed E-state index contributed by atoms with van der Waals surface area (Å²) in [7, 11) is 0. The number of anilines is 6. The highest BCUT2D eigenvalue weighted by atomic mass is 35.5. The van der Waals surface area contributed by atoms with E-state index in [1.165, 1.54) is 19.1 Å². The summed E-state index contributed by atoms with van der Waals surface area (Å²) in [5.74, 6) is -0.240. The molecule has 0 atom stereocenters. The highest BCUT2D eigenvalue weighted by molar-refractivity contribution is 6.32. The molecule has 55 heavy (non-hydrogen) atoms. The standard InChI is InChI=1S/C20H15ClF3N3O2.C18H13ClF3N3O/c1-11(28)25-13-6-5-12-3-2-4-18(15(12)9-13)27-19(29)26-14-7-8-17(21)16(10-14)20(22,23)24;19-15-7-6-12(9-14(15)18(20,21)22)24-17(26)25-16-3-1-2-10-4-5-11(23)8-13(10)16/h2-10H,1H3,(H,25,28)(H2,26,27,29);1-9H,23H2,(H2,24,25,26). The van der Waals surface area contributed by atoms with Gasteiger partial charge in [-0.15, -0.1) is 0 Å². The average molecular weight is 802 g/mol. The van der Waals surface area contributed by atoms with Crippen LogP contribution in [0.5, 0.6) is 0 Å². The van der Waals surface area contributed by atoms with Crippen LogP contribution in [0.25, 0.3) is 21.5 Å². The molecular formula is C38H28Cl2F6N6O3. The molecule has 5 amide bonds. The van der Waals surface area contributed by atoms with Crippen LogP contribution in [-0.4, -0.2) is 18.0 Å². The lowest BCUT2D eigenvalue weighted by molar-refractivity contribution is -0.138. The molecule has 6 rings (SSSR count). The Kier molecular flexibility index (Phi) is 12.0. The number of carbonyl (C=O) groups is 3. The minimum absolute atomic E-state index is 0.0287. The molecule has 0 saturated carbocycles. The highest BCUT2D eigenvalue weighted by Crippen LogP contribution is 2.37. The third kappa shape index (κ3) is 10.5. The lowest BCUT2D eigenvalue weighted by Gasteiger charge is -2.13. The Labute approximate surface area is 318 Å². The zero-order chi connectivity index (χ0) is 40.1. The van der Waals surface area contributed by atoms with Gasteiger partial charge in [-0.25, -0.2) is 9.59 Å². The SMILES string of the molecule is CC(=O)Nc1ccc2cccc(NC(=O)Nc3ccc(Cl)c(C(F)(F)F)c3)c2c1.Nc1ccc2cccc(NC(=O)Nc3ccc(Cl)c(C(F)(F)F)c3)c2c1. The Morgan fingerprint density at radius 1 is 0.527 bits per heavy atom. The molecule has 0 aliphatic carbocycles. The molecule has 284 valence electrons. The molecule has 7 N–H and O–H groups in total. The Morgan fingerprint density at radius 2 is 0.945 bits per heavy atom. The molecular weight excluding hydrogens is 773 g/mol. The number of nitrogens with one attached hydrogen (secondary N) is 5. The van der Waals surface area contributed by atoms with Gasteiger partial charge in [-0.1, -0.05) is 59.6 Å². The smallest absolute Gasteiger partial charge is 0.399 e. The molecule has 0 spiro atoms. The van der Waals surface area contributed by atoms with Crippen molar-refractivity contribution in [2.45, 2.75) is 19.3 Å². The topological polar surface area (TPSA) is 137 Å². The van der Waals surface area contributed by atoms with Crippen molar-refractivity contribution in [3.63, 3.8) is 0 Å². The quantitative estimate of drug-likeness (QED) is 0.0763. The fraction of sp³-hybridized carbons (Fsp3) is 0.0789. The van der Waals surface area contributed by atoms with E-state index in [4.69, 9.17) is 28.9 Å². The number of hydrogen-bond donors (Lipinski definition) is 6. The van der Waals surface area contributed by atoms with Gasteiger partial charge in [0.15, 0.2) is 0 Å². The molecule has 17 heteroatoms. The van der Waals surface area contributed by atoms with Gasteiger partial charge in [-0.2, -0.15) is 26.3 Å². The van der Waals surface area contributed by atoms with Crippen LogP contribution in [-0.2, 0) is 17.1 Å². The molecule has 9 nitrogen and oxygen atoms in total. The second-order valence-electron chi connectivity index (χ2n) is 11.8. The number of nitrogens with two attached hydrogens (primary N) is 1. The fourth-order valence-electron chi connectivity index (χ4n) is 5.27. The molecule has 0 aromatic heterocycles. The summed E-state index contributed by atoms with van der Waals surface area (Å²) in [6.45, 7) is 1.38. The molecule has 6 aromatic rings. The predicted molar refractivity (Wildman–Crippen MR) is 205 cm³/mol. The lowest BCUT2D eigenvalue weighted by Crippen LogP contribution is -2.20. The van der Waals surface area contributed by atoms with Gasteiger partial charge < -0.3 is 32.3 Å². The van der Waals surface area contributed by atoms with Crippen molar-refractivity contribution in [2.24, 2.45) is 0 Å². The van der Waals surface area contributed by atoms with Crippen molar-refractivity contribution in [1.82, 2.24) is 0 Å². The van der Waals surface area contributed by atoms with Crippen LogP contribution in [0.15, 0.2) is 109 Å². The van der Waals surface area contributed by atoms with Crippen molar-refractivity contribution in [3.05, 3.63) is 130 Å². The van der Waals surface area contributed by atoms with Crippen LogP contribution in [0, 0.1) is 0 Å². The number of rotatable bonds is 5. The van der Waals surface area contributed by atoms with Gasteiger partial charge in [0.1, 0.15) is 0 Å². The van der Waals surface area contributed by atoms with E-state index in [-0.39, 0.29) is 17.3 Å². The number of hydrogen-bond acceptors (Lipinski definition) is 4. The van der Waals surface area contributed by atoms with Crippen LogP contribution >= 0.6 is 23.2 Å². The predicted octanol–water partition coefficient (Wildman–Crippen LogP) is 11.9. The van der Waals surface area contributed by atoms with Gasteiger partial charge in [-0.3, -0.25) is 4.79 Å². The summed E-state index contributed by atoms with van der Waals surface area (Å²) in [4.78, 5) is 35.8. The van der Waals surface area contributed by atoms with Gasteiger partial charge in [0, 0.05) is 40.4 Å². The van der Waals surface area contributed by atoms with Crippen molar-refractivity contribution in [1.29, 1.82) is 0 Å². The first-order valence-corrected chi connectivity index (χ1v) is 16.6. The normalized spacial score (nSPS) is 11.3. The maximum absolute atomic E-state index is 13.0. The molecule has 6 aromatic carbocycles. The van der Waals surface area contributed by atoms with E-state index >= 15 is 0 Å². The largest absolute Gasteiger partial charge is 0.417 e. The molecule has 0 aliphatic rings. The Bertz CT molecular complexity index is 2420. The third-order valence-corrected chi connectivity index (χ3v) is 8.32. The Balaban J connectivity index is 0.000000212. The van der Waals surface area contributed by atoms with Gasteiger partial charge in [-0.05, 0) is 83.6 Å². The van der Waals surface area contributed by atoms with Gasteiger partial charge in [0.2, 0.25) is 5.91 Å². The number of amides is 5. The number of benzene rings is 6. The summed E-state index contributed by atoms with van der Waals surface area (Å²) >= 11 is 11.2. The number of fused-ring (bicyclic) bond motifs is 2. The maximum Gasteiger partial charge on any atom is 0.417 e. The highest BCUT2D eigenvalue weighted by Gasteiger charge is 2.34. The van der Waals surface area contributed by atoms with Crippen molar-refractivity contribution < 1.29 is 40.7 Å². The van der Waals surface area contributed by atoms with Crippen molar-refractivity contribution in [2.75, 3.05) is 32.3 Å². The van der Waals surface area contributed by atoms with Crippen LogP contribution in [0.2, 0.25) is 10.0 Å². The summed E-state index contributed by atoms with van der Waals surface area (Å²) < 4.78 is 77.6. The van der Waals surface area contributed by atoms with E-state index < -0.39 is 45.6 Å². The summed E-state index contributed by atoms with van der Waals surface area (Å²) in [5, 5.41) is 14.8. The second-order valence-corrected chi connectivity index (χ2v) is 12.6. The summed E-state index contributed by atoms with van der Waals surface area (Å²) in [5.41, 5.74) is 5.61. The monoisotopic (exact) mass is 800 g/mol. The van der Waals surface area contributed by atoms with Crippen LogP contribution in [0.1, 0.15) is 18.1 Å². The number of alkyl halides is 6. The van der Waals surface area contributed by atoms with E-state index in [1.54, 1.807) is 54.6 Å². The molecule has 0 heterocycles. The number of nitrogen functional groups attached to an aromatic ring is 1. The molecule has 0 fully saturated rings. The van der Waals surface area contributed by atoms with E-state index in [2.05, 4.69) is 26.6 Å². The van der Waals surface area contributed by atoms with Crippen LogP contribution in [0.4, 0.5) is 70.1 Å². The van der Waals surface area contributed by atoms with Gasteiger partial charge in [0.25, 0.3) is 0 Å². The fourth-order valence-corrected chi connectivity index (χ4v) is 5.72. The molecule has 0 saturated heterocycles. The summed E-state index contributed by atoms with van der Waals surface area (Å²) in [6.07, 6.45) is -9.25. The summed E-state index contributed by atoms with van der Waals surface area (Å²) in [6, 6.07) is 25.7. The van der Waals surface area contributed by atoms with E-state index in [9.17, 15) is 40.7 Å². The van der Waals surface area contributed by atoms with Crippen LogP contribution in [0.3, 0.4) is 0 Å². The first kappa shape index (κ1) is 40.0. The average Bonchev–Trinajstić information content (AvgIpc) is 3.09. The third-order valence-electron chi connectivity index (χ3n) is 7.66. The lowest BCUT2D eigenvalue weighted by atomic mass is 10.1. The number of carbonyl (C=O) groups excluding carboxylic acids is 3. The van der Waals surface area contributed by atoms with Gasteiger partial charge >= 0.3 is 24.4 Å². The van der Waals surface area contributed by atoms with E-state index in [0.717, 1.165) is 40.4 Å². The molecule has 0 bridgehead atoms.